The molecule has 0 radical (unpaired) electrons. The minimum atomic E-state index is 0.0764. The summed E-state index contributed by atoms with van der Waals surface area (Å²) in [5, 5.41) is 17.0. The van der Waals surface area contributed by atoms with Crippen LogP contribution in [0.1, 0.15) is 5.76 Å². The Bertz CT molecular complexity index is 547. The highest BCUT2D eigenvalue weighted by Gasteiger charge is 1.99. The maximum absolute atomic E-state index is 8.50. The van der Waals surface area contributed by atoms with Crippen LogP contribution in [0.4, 0.5) is 5.88 Å². The van der Waals surface area contributed by atoms with E-state index in [2.05, 4.69) is 0 Å². The van der Waals surface area contributed by atoms with Crippen LogP contribution in [0.2, 0.25) is 0 Å². The van der Waals surface area contributed by atoms with Crippen LogP contribution >= 0.6 is 0 Å². The molecule has 0 amide bonds. The molecule has 0 unspecified atom stereocenters. The second-order valence-electron chi connectivity index (χ2n) is 3.62. The summed E-state index contributed by atoms with van der Waals surface area (Å²) in [4.78, 5) is 1.88. The minimum Gasteiger partial charge on any atom is -0.441 e. The van der Waals surface area contributed by atoms with E-state index >= 15 is 0 Å². The predicted octanol–water partition coefficient (Wildman–Crippen LogP) is 2.89. The lowest BCUT2D eigenvalue weighted by atomic mass is 10.3. The third-order valence-corrected chi connectivity index (χ3v) is 2.04. The zero-order valence-corrected chi connectivity index (χ0v) is 10.3. The van der Waals surface area contributed by atoms with E-state index in [0.29, 0.717) is 0 Å². The Hall–Kier alpha value is -2.72. The predicted molar refractivity (Wildman–Crippen MR) is 70.5 cm³/mol. The largest absolute Gasteiger partial charge is 0.441 e. The monoisotopic (exact) mass is 239 g/mol. The van der Waals surface area contributed by atoms with Crippen molar-refractivity contribution in [1.29, 1.82) is 10.5 Å². The van der Waals surface area contributed by atoms with Crippen LogP contribution in [0, 0.1) is 22.7 Å². The van der Waals surface area contributed by atoms with Gasteiger partial charge in [-0.05, 0) is 18.2 Å². The molecule has 1 heterocycles. The van der Waals surface area contributed by atoms with Gasteiger partial charge in [-0.1, -0.05) is 18.2 Å². The Morgan fingerprint density at radius 2 is 1.89 bits per heavy atom. The van der Waals surface area contributed by atoms with Crippen molar-refractivity contribution in [3.63, 3.8) is 0 Å². The molecule has 4 heteroatoms. The van der Waals surface area contributed by atoms with Crippen molar-refractivity contribution < 1.29 is 4.42 Å². The molecule has 0 aliphatic heterocycles. The number of nitriles is 2. The number of nitrogens with zero attached hydrogens (tertiary/aromatic N) is 3. The van der Waals surface area contributed by atoms with Gasteiger partial charge in [-0.15, -0.1) is 0 Å². The average Bonchev–Trinajstić information content (AvgIpc) is 2.83. The van der Waals surface area contributed by atoms with Gasteiger partial charge < -0.3 is 9.32 Å². The Morgan fingerprint density at radius 1 is 1.17 bits per heavy atom. The molecule has 0 N–H and O–H groups in total. The van der Waals surface area contributed by atoms with Crippen LogP contribution in [-0.2, 0) is 0 Å². The molecular weight excluding hydrogens is 226 g/mol. The van der Waals surface area contributed by atoms with Crippen molar-refractivity contribution in [2.45, 2.75) is 0 Å². The Balaban J connectivity index is 2.61. The Kier molecular flexibility index (Phi) is 5.02. The van der Waals surface area contributed by atoms with E-state index in [4.69, 9.17) is 14.9 Å². The van der Waals surface area contributed by atoms with Gasteiger partial charge in [0.1, 0.15) is 23.5 Å². The van der Waals surface area contributed by atoms with Crippen molar-refractivity contribution in [1.82, 2.24) is 0 Å². The van der Waals surface area contributed by atoms with Crippen LogP contribution in [0.3, 0.4) is 0 Å². The first kappa shape index (κ1) is 13.3. The second kappa shape index (κ2) is 6.78. The van der Waals surface area contributed by atoms with Gasteiger partial charge in [-0.3, -0.25) is 0 Å². The summed E-state index contributed by atoms with van der Waals surface area (Å²) in [5.74, 6) is 1.53. The van der Waals surface area contributed by atoms with Crippen LogP contribution in [0.5, 0.6) is 0 Å². The fourth-order valence-electron chi connectivity index (χ4n) is 1.14. The standard InChI is InChI=1S/C14H13N3O/c1-17(2)14-9-8-13(18-14)7-5-3-4-6-12(10-15)11-16/h3-9H,1-2H3/b4-3+,7-5+. The summed E-state index contributed by atoms with van der Waals surface area (Å²) < 4.78 is 5.50. The third kappa shape index (κ3) is 4.03. The van der Waals surface area contributed by atoms with E-state index in [1.807, 2.05) is 31.1 Å². The lowest BCUT2D eigenvalue weighted by Crippen LogP contribution is -2.06. The van der Waals surface area contributed by atoms with Gasteiger partial charge in [-0.2, -0.15) is 10.5 Å². The van der Waals surface area contributed by atoms with Gasteiger partial charge >= 0.3 is 0 Å². The first-order valence-corrected chi connectivity index (χ1v) is 5.29. The van der Waals surface area contributed by atoms with Gasteiger partial charge in [0.05, 0.1) is 0 Å². The van der Waals surface area contributed by atoms with E-state index in [-0.39, 0.29) is 5.57 Å². The van der Waals surface area contributed by atoms with Crippen molar-refractivity contribution in [2.24, 2.45) is 0 Å². The molecule has 0 saturated carbocycles. The van der Waals surface area contributed by atoms with E-state index in [9.17, 15) is 0 Å². The highest BCUT2D eigenvalue weighted by molar-refractivity contribution is 5.50. The molecule has 1 rings (SSSR count). The maximum atomic E-state index is 8.50. The van der Waals surface area contributed by atoms with E-state index in [0.717, 1.165) is 11.6 Å². The number of rotatable bonds is 4. The molecule has 0 saturated heterocycles. The van der Waals surface area contributed by atoms with Gasteiger partial charge in [0.2, 0.25) is 0 Å². The number of furan rings is 1. The first-order valence-electron chi connectivity index (χ1n) is 5.29. The van der Waals surface area contributed by atoms with Gasteiger partial charge in [0, 0.05) is 20.2 Å². The summed E-state index contributed by atoms with van der Waals surface area (Å²) >= 11 is 0. The molecule has 90 valence electrons. The molecular formula is C14H13N3O. The smallest absolute Gasteiger partial charge is 0.195 e. The average molecular weight is 239 g/mol. The summed E-state index contributed by atoms with van der Waals surface area (Å²) in [6, 6.07) is 7.30. The van der Waals surface area contributed by atoms with Crippen molar-refractivity contribution in [3.8, 4) is 12.1 Å². The number of hydrogen-bond donors (Lipinski definition) is 0. The summed E-state index contributed by atoms with van der Waals surface area (Å²) in [5.41, 5.74) is 0.0764. The molecule has 4 nitrogen and oxygen atoms in total. The third-order valence-electron chi connectivity index (χ3n) is 2.04. The van der Waals surface area contributed by atoms with Crippen molar-refractivity contribution in [3.05, 3.63) is 47.8 Å². The highest BCUT2D eigenvalue weighted by atomic mass is 16.4. The van der Waals surface area contributed by atoms with Crippen molar-refractivity contribution in [2.75, 3.05) is 19.0 Å². The minimum absolute atomic E-state index is 0.0764. The molecule has 0 aromatic carbocycles. The fourth-order valence-corrected chi connectivity index (χ4v) is 1.14. The topological polar surface area (TPSA) is 64.0 Å². The Labute approximate surface area is 106 Å². The zero-order chi connectivity index (χ0) is 13.4. The first-order chi connectivity index (χ1) is 8.67. The molecule has 0 atom stereocenters. The lowest BCUT2D eigenvalue weighted by Gasteiger charge is -2.05. The fraction of sp³-hybridized carbons (Fsp3) is 0.143. The highest BCUT2D eigenvalue weighted by Crippen LogP contribution is 2.16. The zero-order valence-electron chi connectivity index (χ0n) is 10.3. The lowest BCUT2D eigenvalue weighted by molar-refractivity contribution is 0.555. The maximum Gasteiger partial charge on any atom is 0.195 e. The normalized spacial score (nSPS) is 10.2. The molecule has 0 bridgehead atoms. The van der Waals surface area contributed by atoms with Crippen LogP contribution in [-0.4, -0.2) is 14.1 Å². The molecule has 1 aromatic rings. The summed E-state index contributed by atoms with van der Waals surface area (Å²) in [6.45, 7) is 0. The molecule has 0 aliphatic carbocycles. The van der Waals surface area contributed by atoms with Gasteiger partial charge in [0.25, 0.3) is 0 Å². The Morgan fingerprint density at radius 3 is 2.44 bits per heavy atom. The summed E-state index contributed by atoms with van der Waals surface area (Å²) in [7, 11) is 3.81. The molecule has 0 aliphatic rings. The summed E-state index contributed by atoms with van der Waals surface area (Å²) in [6.07, 6.45) is 8.40. The number of anilines is 1. The molecule has 1 aromatic heterocycles. The van der Waals surface area contributed by atoms with Crippen molar-refractivity contribution >= 4 is 12.0 Å². The quantitative estimate of drug-likeness (QED) is 0.598. The van der Waals surface area contributed by atoms with Crippen LogP contribution < -0.4 is 4.90 Å². The number of allylic oxidation sites excluding steroid dienone is 5. The molecule has 18 heavy (non-hydrogen) atoms. The number of hydrogen-bond acceptors (Lipinski definition) is 4. The molecule has 0 spiro atoms. The molecule has 0 fully saturated rings. The van der Waals surface area contributed by atoms with Crippen LogP contribution in [0.25, 0.3) is 6.08 Å². The van der Waals surface area contributed by atoms with E-state index in [1.54, 1.807) is 36.4 Å². The SMILES string of the molecule is CN(C)c1ccc(/C=C/C=C/C=C(C#N)C#N)o1. The van der Waals surface area contributed by atoms with E-state index in [1.165, 1.54) is 6.08 Å². The van der Waals surface area contributed by atoms with Gasteiger partial charge in [0.15, 0.2) is 5.88 Å². The van der Waals surface area contributed by atoms with Crippen LogP contribution in [0.15, 0.2) is 46.4 Å². The van der Waals surface area contributed by atoms with E-state index < -0.39 is 0 Å². The van der Waals surface area contributed by atoms with Gasteiger partial charge in [-0.25, -0.2) is 0 Å². The second-order valence-corrected chi connectivity index (χ2v) is 3.62.